The van der Waals surface area contributed by atoms with Crippen LogP contribution in [0.5, 0.6) is 0 Å². The Morgan fingerprint density at radius 1 is 1.56 bits per heavy atom. The van der Waals surface area contributed by atoms with Crippen molar-refractivity contribution in [2.75, 3.05) is 14.2 Å². The smallest absolute Gasteiger partial charge is 0.209 e. The molecular weight excluding hydrogens is 134 g/mol. The van der Waals surface area contributed by atoms with Gasteiger partial charge in [0.2, 0.25) is 6.41 Å². The summed E-state index contributed by atoms with van der Waals surface area (Å²) in [5.74, 6) is 0. The third kappa shape index (κ3) is 4.35. The lowest BCUT2D eigenvalue weighted by atomic mass is 11.1. The molecule has 0 aliphatic carbocycles. The van der Waals surface area contributed by atoms with Gasteiger partial charge in [-0.15, -0.1) is 6.58 Å². The minimum atomic E-state index is -0.384. The van der Waals surface area contributed by atoms with Gasteiger partial charge >= 0.3 is 0 Å². The van der Waals surface area contributed by atoms with E-state index in [9.17, 15) is 0 Å². The van der Waals surface area contributed by atoms with Crippen molar-refractivity contribution >= 4 is 9.68 Å². The summed E-state index contributed by atoms with van der Waals surface area (Å²) < 4.78 is 9.71. The van der Waals surface area contributed by atoms with Crippen molar-refractivity contribution in [1.29, 1.82) is 0 Å². The molecule has 0 atom stereocenters. The second-order valence-electron chi connectivity index (χ2n) is 1.50. The summed E-state index contributed by atoms with van der Waals surface area (Å²) in [5.41, 5.74) is 1.88. The van der Waals surface area contributed by atoms with Gasteiger partial charge in [0, 0.05) is 14.2 Å². The zero-order valence-corrected chi connectivity index (χ0v) is 7.30. The first-order valence-corrected chi connectivity index (χ1v) is 4.27. The SMILES string of the molecule is C=C[SiH2]NC(OC)OC. The summed E-state index contributed by atoms with van der Waals surface area (Å²) in [5, 5.41) is 0. The van der Waals surface area contributed by atoms with Gasteiger partial charge in [-0.05, 0) is 0 Å². The molecule has 0 aromatic heterocycles. The van der Waals surface area contributed by atoms with Crippen LogP contribution < -0.4 is 4.98 Å². The topological polar surface area (TPSA) is 30.5 Å². The van der Waals surface area contributed by atoms with E-state index in [4.69, 9.17) is 9.47 Å². The monoisotopic (exact) mass is 147 g/mol. The molecule has 0 aromatic rings. The fraction of sp³-hybridized carbons (Fsp3) is 0.600. The molecule has 4 heteroatoms. The summed E-state index contributed by atoms with van der Waals surface area (Å²) >= 11 is 0. The number of hydrogen-bond donors (Lipinski definition) is 1. The van der Waals surface area contributed by atoms with Crippen LogP contribution in [-0.2, 0) is 9.47 Å². The summed E-state index contributed by atoms with van der Waals surface area (Å²) in [4.78, 5) is 3.05. The minimum Gasteiger partial charge on any atom is -0.344 e. The first-order chi connectivity index (χ1) is 4.35. The van der Waals surface area contributed by atoms with E-state index in [0.717, 1.165) is 0 Å². The Morgan fingerprint density at radius 3 is 2.44 bits per heavy atom. The molecule has 0 rings (SSSR count). The molecule has 0 radical (unpaired) electrons. The molecule has 9 heavy (non-hydrogen) atoms. The fourth-order valence-electron chi connectivity index (χ4n) is 0.442. The van der Waals surface area contributed by atoms with Gasteiger partial charge in [0.15, 0.2) is 0 Å². The standard InChI is InChI=1S/C5H13NO2Si/c1-4-9-6-5(7-2)8-3/h4-6H,1,9H2,2-3H3. The summed E-state index contributed by atoms with van der Waals surface area (Å²) in [7, 11) is 2.81. The molecule has 0 heterocycles. The molecule has 0 aliphatic rings. The van der Waals surface area contributed by atoms with Crippen molar-refractivity contribution in [3.8, 4) is 0 Å². The highest BCUT2D eigenvalue weighted by Gasteiger charge is 1.98. The molecule has 0 amide bonds. The van der Waals surface area contributed by atoms with Crippen LogP contribution in [0.1, 0.15) is 0 Å². The predicted molar refractivity (Wildman–Crippen MR) is 39.7 cm³/mol. The van der Waals surface area contributed by atoms with Gasteiger partial charge in [0.25, 0.3) is 0 Å². The Hall–Kier alpha value is -0.163. The molecule has 0 saturated carbocycles. The Balaban J connectivity index is 3.19. The van der Waals surface area contributed by atoms with Gasteiger partial charge in [0.1, 0.15) is 9.68 Å². The normalized spacial score (nSPS) is 11.4. The zero-order valence-electron chi connectivity index (χ0n) is 5.89. The Labute approximate surface area is 57.9 Å². The highest BCUT2D eigenvalue weighted by molar-refractivity contribution is 6.38. The fourth-order valence-corrected chi connectivity index (χ4v) is 1.13. The van der Waals surface area contributed by atoms with Crippen LogP contribution in [-0.4, -0.2) is 30.3 Å². The second-order valence-corrected chi connectivity index (χ2v) is 2.89. The Bertz CT molecular complexity index is 75.4. The van der Waals surface area contributed by atoms with E-state index in [1.807, 2.05) is 5.70 Å². The van der Waals surface area contributed by atoms with Crippen LogP contribution in [0.15, 0.2) is 12.3 Å². The molecule has 0 fully saturated rings. The van der Waals surface area contributed by atoms with Gasteiger partial charge < -0.3 is 9.47 Å². The first-order valence-electron chi connectivity index (χ1n) is 2.75. The number of ether oxygens (including phenoxy) is 2. The van der Waals surface area contributed by atoms with Crippen LogP contribution in [0, 0.1) is 0 Å². The van der Waals surface area contributed by atoms with Gasteiger partial charge in [0.05, 0.1) is 0 Å². The van der Waals surface area contributed by atoms with E-state index in [1.165, 1.54) is 0 Å². The van der Waals surface area contributed by atoms with Gasteiger partial charge in [-0.2, -0.15) is 0 Å². The number of nitrogens with one attached hydrogen (secondary N) is 1. The van der Waals surface area contributed by atoms with Crippen LogP contribution >= 0.6 is 0 Å². The number of methoxy groups -OCH3 is 2. The quantitative estimate of drug-likeness (QED) is 0.415. The lowest BCUT2D eigenvalue weighted by Crippen LogP contribution is -2.34. The molecular formula is C5H13NO2Si. The largest absolute Gasteiger partial charge is 0.344 e. The molecule has 0 aliphatic heterocycles. The van der Waals surface area contributed by atoms with Crippen molar-refractivity contribution in [2.45, 2.75) is 6.41 Å². The third-order valence-electron chi connectivity index (χ3n) is 0.857. The van der Waals surface area contributed by atoms with Crippen LogP contribution in [0.3, 0.4) is 0 Å². The third-order valence-corrected chi connectivity index (χ3v) is 1.71. The molecule has 3 nitrogen and oxygen atoms in total. The van der Waals surface area contributed by atoms with E-state index in [0.29, 0.717) is 0 Å². The summed E-state index contributed by atoms with van der Waals surface area (Å²) in [6.07, 6.45) is -0.255. The van der Waals surface area contributed by atoms with E-state index < -0.39 is 0 Å². The average Bonchev–Trinajstić information content (AvgIpc) is 1.91. The first kappa shape index (κ1) is 8.84. The van der Waals surface area contributed by atoms with Crippen LogP contribution in [0.4, 0.5) is 0 Å². The summed E-state index contributed by atoms with van der Waals surface area (Å²) in [6.45, 7) is 3.59. The molecule has 0 spiro atoms. The molecule has 1 N–H and O–H groups in total. The lowest BCUT2D eigenvalue weighted by molar-refractivity contribution is -0.109. The lowest BCUT2D eigenvalue weighted by Gasteiger charge is -2.12. The van der Waals surface area contributed by atoms with Crippen molar-refractivity contribution in [1.82, 2.24) is 4.98 Å². The van der Waals surface area contributed by atoms with E-state index in [-0.39, 0.29) is 16.1 Å². The minimum absolute atomic E-state index is 0.255. The van der Waals surface area contributed by atoms with Crippen molar-refractivity contribution < 1.29 is 9.47 Å². The predicted octanol–water partition coefficient (Wildman–Crippen LogP) is -0.620. The van der Waals surface area contributed by atoms with Gasteiger partial charge in [-0.1, -0.05) is 5.70 Å². The number of rotatable bonds is 5. The zero-order chi connectivity index (χ0) is 7.11. The molecule has 0 aromatic carbocycles. The second kappa shape index (κ2) is 5.96. The van der Waals surface area contributed by atoms with Crippen molar-refractivity contribution in [3.05, 3.63) is 12.3 Å². The maximum Gasteiger partial charge on any atom is 0.209 e. The van der Waals surface area contributed by atoms with E-state index in [2.05, 4.69) is 11.6 Å². The maximum atomic E-state index is 4.86. The van der Waals surface area contributed by atoms with Gasteiger partial charge in [-0.25, -0.2) is 0 Å². The highest BCUT2D eigenvalue weighted by atomic mass is 28.2. The molecule has 54 valence electrons. The molecule has 0 saturated heterocycles. The molecule has 0 unspecified atom stereocenters. The average molecular weight is 147 g/mol. The van der Waals surface area contributed by atoms with E-state index >= 15 is 0 Å². The molecule has 0 bridgehead atoms. The van der Waals surface area contributed by atoms with Crippen LogP contribution in [0.2, 0.25) is 0 Å². The van der Waals surface area contributed by atoms with Crippen molar-refractivity contribution in [3.63, 3.8) is 0 Å². The highest BCUT2D eigenvalue weighted by Crippen LogP contribution is 1.81. The van der Waals surface area contributed by atoms with E-state index in [1.54, 1.807) is 14.2 Å². The summed E-state index contributed by atoms with van der Waals surface area (Å²) in [6, 6.07) is 0. The number of hydrogen-bond acceptors (Lipinski definition) is 3. The van der Waals surface area contributed by atoms with Crippen LogP contribution in [0.25, 0.3) is 0 Å². The van der Waals surface area contributed by atoms with Gasteiger partial charge in [-0.3, -0.25) is 4.98 Å². The Kier molecular flexibility index (Phi) is 5.86. The van der Waals surface area contributed by atoms with Crippen molar-refractivity contribution in [2.24, 2.45) is 0 Å². The maximum absolute atomic E-state index is 4.86. The Morgan fingerprint density at radius 2 is 2.11 bits per heavy atom.